The molecule has 6 heteroatoms. The number of benzene rings is 2. The van der Waals surface area contributed by atoms with E-state index >= 15 is 0 Å². The van der Waals surface area contributed by atoms with Crippen LogP contribution in [-0.2, 0) is 9.59 Å². The predicted octanol–water partition coefficient (Wildman–Crippen LogP) is 3.92. The monoisotopic (exact) mass is 370 g/mol. The van der Waals surface area contributed by atoms with Crippen LogP contribution in [-0.4, -0.2) is 26.0 Å². The molecule has 0 aliphatic carbocycles. The summed E-state index contributed by atoms with van der Waals surface area (Å²) in [6.07, 6.45) is 0. The Morgan fingerprint density at radius 1 is 0.889 bits per heavy atom. The zero-order chi connectivity index (χ0) is 20.2. The van der Waals surface area contributed by atoms with Crippen molar-refractivity contribution in [1.29, 1.82) is 0 Å². The van der Waals surface area contributed by atoms with Crippen molar-refractivity contribution < 1.29 is 19.1 Å². The van der Waals surface area contributed by atoms with Crippen LogP contribution in [0.25, 0.3) is 0 Å². The minimum Gasteiger partial charge on any atom is -0.493 e. The minimum atomic E-state index is -1.27. The van der Waals surface area contributed by atoms with Crippen LogP contribution in [0.5, 0.6) is 11.5 Å². The molecule has 0 fully saturated rings. The summed E-state index contributed by atoms with van der Waals surface area (Å²) in [6, 6.07) is 10.7. The van der Waals surface area contributed by atoms with Crippen molar-refractivity contribution in [3.05, 3.63) is 47.5 Å². The maximum atomic E-state index is 12.7. The zero-order valence-electron chi connectivity index (χ0n) is 16.6. The maximum absolute atomic E-state index is 12.7. The lowest BCUT2D eigenvalue weighted by Crippen LogP contribution is -2.41. The molecule has 0 heterocycles. The first kappa shape index (κ1) is 20.3. The summed E-state index contributed by atoms with van der Waals surface area (Å²) in [5.74, 6) is 0.252. The van der Waals surface area contributed by atoms with Gasteiger partial charge >= 0.3 is 0 Å². The summed E-state index contributed by atoms with van der Waals surface area (Å²) >= 11 is 0. The fraction of sp³-hybridized carbons (Fsp3) is 0.333. The quantitative estimate of drug-likeness (QED) is 0.756. The Balaban J connectivity index is 2.16. The molecule has 2 amide bonds. The number of hydrogen-bond acceptors (Lipinski definition) is 4. The van der Waals surface area contributed by atoms with Crippen molar-refractivity contribution in [1.82, 2.24) is 0 Å². The Morgan fingerprint density at radius 2 is 1.52 bits per heavy atom. The van der Waals surface area contributed by atoms with Crippen molar-refractivity contribution in [2.45, 2.75) is 27.7 Å². The molecular formula is C21H26N2O4. The molecule has 0 saturated carbocycles. The van der Waals surface area contributed by atoms with Crippen LogP contribution in [0.2, 0.25) is 0 Å². The van der Waals surface area contributed by atoms with E-state index in [1.165, 1.54) is 14.2 Å². The fourth-order valence-electron chi connectivity index (χ4n) is 2.47. The molecule has 0 atom stereocenters. The second kappa shape index (κ2) is 8.12. The van der Waals surface area contributed by atoms with E-state index in [4.69, 9.17) is 9.47 Å². The number of amides is 2. The molecule has 0 unspecified atom stereocenters. The van der Waals surface area contributed by atoms with Crippen LogP contribution >= 0.6 is 0 Å². The third-order valence-electron chi connectivity index (χ3n) is 4.63. The Kier molecular flexibility index (Phi) is 6.10. The molecule has 2 aromatic carbocycles. The fourth-order valence-corrected chi connectivity index (χ4v) is 2.47. The van der Waals surface area contributed by atoms with Crippen LogP contribution in [0, 0.1) is 19.3 Å². The SMILES string of the molecule is COc1ccc(NC(=O)C(C)(C)C(=O)Nc2cccc(C)c2C)cc1OC. The van der Waals surface area contributed by atoms with E-state index in [2.05, 4.69) is 10.6 Å². The van der Waals surface area contributed by atoms with E-state index in [1.807, 2.05) is 32.0 Å². The van der Waals surface area contributed by atoms with Gasteiger partial charge in [0.05, 0.1) is 14.2 Å². The highest BCUT2D eigenvalue weighted by atomic mass is 16.5. The zero-order valence-corrected chi connectivity index (χ0v) is 16.6. The van der Waals surface area contributed by atoms with Gasteiger partial charge in [-0.05, 0) is 57.0 Å². The third-order valence-corrected chi connectivity index (χ3v) is 4.63. The molecule has 6 nitrogen and oxygen atoms in total. The number of nitrogens with one attached hydrogen (secondary N) is 2. The van der Waals surface area contributed by atoms with Gasteiger partial charge in [-0.25, -0.2) is 0 Å². The van der Waals surface area contributed by atoms with E-state index in [9.17, 15) is 9.59 Å². The smallest absolute Gasteiger partial charge is 0.239 e. The average molecular weight is 370 g/mol. The first-order valence-electron chi connectivity index (χ1n) is 8.62. The summed E-state index contributed by atoms with van der Waals surface area (Å²) in [7, 11) is 3.06. The van der Waals surface area contributed by atoms with Crippen molar-refractivity contribution in [2.24, 2.45) is 5.41 Å². The van der Waals surface area contributed by atoms with Gasteiger partial charge in [0.2, 0.25) is 11.8 Å². The number of hydrogen-bond donors (Lipinski definition) is 2. The summed E-state index contributed by atoms with van der Waals surface area (Å²) in [4.78, 5) is 25.5. The Hall–Kier alpha value is -3.02. The molecule has 0 radical (unpaired) electrons. The summed E-state index contributed by atoms with van der Waals surface area (Å²) in [5, 5.41) is 5.62. The Bertz CT molecular complexity index is 859. The maximum Gasteiger partial charge on any atom is 0.239 e. The van der Waals surface area contributed by atoms with Gasteiger partial charge in [-0.3, -0.25) is 9.59 Å². The van der Waals surface area contributed by atoms with Gasteiger partial charge in [-0.15, -0.1) is 0 Å². The van der Waals surface area contributed by atoms with Crippen LogP contribution in [0.1, 0.15) is 25.0 Å². The molecule has 2 rings (SSSR count). The molecule has 0 bridgehead atoms. The van der Waals surface area contributed by atoms with Crippen LogP contribution < -0.4 is 20.1 Å². The highest BCUT2D eigenvalue weighted by Crippen LogP contribution is 2.31. The summed E-state index contributed by atoms with van der Waals surface area (Å²) in [6.45, 7) is 7.08. The minimum absolute atomic E-state index is 0.380. The second-order valence-corrected chi connectivity index (χ2v) is 6.85. The molecule has 0 saturated heterocycles. The molecule has 0 aromatic heterocycles. The standard InChI is InChI=1S/C21H26N2O4/c1-13-8-7-9-16(14(13)2)23-20(25)21(3,4)19(24)22-15-10-11-17(26-5)18(12-15)27-6/h7-12H,1-6H3,(H,22,24)(H,23,25). The van der Waals surface area contributed by atoms with Gasteiger partial charge in [0.1, 0.15) is 5.41 Å². The lowest BCUT2D eigenvalue weighted by atomic mass is 9.90. The number of carbonyl (C=O) groups excluding carboxylic acids is 2. The van der Waals surface area contributed by atoms with Gasteiger partial charge in [-0.2, -0.15) is 0 Å². The van der Waals surface area contributed by atoms with Crippen molar-refractivity contribution in [3.63, 3.8) is 0 Å². The molecular weight excluding hydrogens is 344 g/mol. The van der Waals surface area contributed by atoms with Crippen LogP contribution in [0.15, 0.2) is 36.4 Å². The lowest BCUT2D eigenvalue weighted by molar-refractivity contribution is -0.135. The van der Waals surface area contributed by atoms with E-state index in [-0.39, 0.29) is 5.91 Å². The lowest BCUT2D eigenvalue weighted by Gasteiger charge is -2.23. The molecule has 0 aliphatic heterocycles. The number of anilines is 2. The highest BCUT2D eigenvalue weighted by Gasteiger charge is 2.36. The van der Waals surface area contributed by atoms with Gasteiger partial charge in [-0.1, -0.05) is 12.1 Å². The van der Waals surface area contributed by atoms with Gasteiger partial charge < -0.3 is 20.1 Å². The van der Waals surface area contributed by atoms with Crippen LogP contribution in [0.3, 0.4) is 0 Å². The molecule has 0 aliphatic rings. The van der Waals surface area contributed by atoms with E-state index < -0.39 is 11.3 Å². The van der Waals surface area contributed by atoms with E-state index in [0.717, 1.165) is 11.1 Å². The van der Waals surface area contributed by atoms with Crippen LogP contribution in [0.4, 0.5) is 11.4 Å². The van der Waals surface area contributed by atoms with Crippen molar-refractivity contribution in [2.75, 3.05) is 24.9 Å². The van der Waals surface area contributed by atoms with Gasteiger partial charge in [0.15, 0.2) is 11.5 Å². The first-order chi connectivity index (χ1) is 12.7. The number of rotatable bonds is 6. The predicted molar refractivity (Wildman–Crippen MR) is 107 cm³/mol. The number of carbonyl (C=O) groups is 2. The van der Waals surface area contributed by atoms with E-state index in [1.54, 1.807) is 32.0 Å². The summed E-state index contributed by atoms with van der Waals surface area (Å²) in [5.41, 5.74) is 1.99. The molecule has 2 N–H and O–H groups in total. The molecule has 144 valence electrons. The third kappa shape index (κ3) is 4.39. The molecule has 2 aromatic rings. The number of ether oxygens (including phenoxy) is 2. The Morgan fingerprint density at radius 3 is 2.15 bits per heavy atom. The Labute approximate surface area is 159 Å². The van der Waals surface area contributed by atoms with Crippen molar-refractivity contribution >= 4 is 23.2 Å². The average Bonchev–Trinajstić information content (AvgIpc) is 2.65. The van der Waals surface area contributed by atoms with E-state index in [0.29, 0.717) is 22.9 Å². The highest BCUT2D eigenvalue weighted by molar-refractivity contribution is 6.14. The second-order valence-electron chi connectivity index (χ2n) is 6.85. The topological polar surface area (TPSA) is 76.7 Å². The normalized spacial score (nSPS) is 10.9. The first-order valence-corrected chi connectivity index (χ1v) is 8.62. The number of methoxy groups -OCH3 is 2. The largest absolute Gasteiger partial charge is 0.493 e. The van der Waals surface area contributed by atoms with Gasteiger partial charge in [0.25, 0.3) is 0 Å². The number of aryl methyl sites for hydroxylation is 1. The van der Waals surface area contributed by atoms with Crippen molar-refractivity contribution in [3.8, 4) is 11.5 Å². The molecule has 27 heavy (non-hydrogen) atoms. The van der Waals surface area contributed by atoms with Gasteiger partial charge in [0, 0.05) is 17.4 Å². The molecule has 0 spiro atoms. The summed E-state index contributed by atoms with van der Waals surface area (Å²) < 4.78 is 10.4.